The van der Waals surface area contributed by atoms with Gasteiger partial charge in [-0.2, -0.15) is 0 Å². The van der Waals surface area contributed by atoms with Gasteiger partial charge in [0.15, 0.2) is 0 Å². The van der Waals surface area contributed by atoms with Crippen molar-refractivity contribution in [3.8, 4) is 11.1 Å². The number of anilines is 2. The minimum Gasteiger partial charge on any atom is -0.456 e. The predicted octanol–water partition coefficient (Wildman–Crippen LogP) is 8.79. The normalized spacial score (nSPS) is 14.0. The molecule has 33 heavy (non-hydrogen) atoms. The molecule has 1 aromatic heterocycles. The highest BCUT2D eigenvalue weighted by molar-refractivity contribution is 6.07. The van der Waals surface area contributed by atoms with Crippen molar-refractivity contribution in [2.45, 2.75) is 19.3 Å². The van der Waals surface area contributed by atoms with Crippen LogP contribution in [0.1, 0.15) is 25.0 Å². The van der Waals surface area contributed by atoms with Gasteiger partial charge in [0.1, 0.15) is 11.2 Å². The van der Waals surface area contributed by atoms with Crippen LogP contribution in [0, 0.1) is 0 Å². The largest absolute Gasteiger partial charge is 0.456 e. The first kappa shape index (κ1) is 18.5. The summed E-state index contributed by atoms with van der Waals surface area (Å²) in [5, 5.41) is 8.56. The van der Waals surface area contributed by atoms with Gasteiger partial charge in [-0.3, -0.25) is 0 Å². The van der Waals surface area contributed by atoms with Crippen molar-refractivity contribution in [3.63, 3.8) is 0 Å². The number of furan rings is 1. The van der Waals surface area contributed by atoms with Crippen molar-refractivity contribution >= 4 is 44.1 Å². The fourth-order valence-corrected chi connectivity index (χ4v) is 5.72. The number of fused-ring (bicyclic) bond motifs is 8. The molecule has 158 valence electrons. The Hall–Kier alpha value is -4.04. The van der Waals surface area contributed by atoms with Crippen LogP contribution in [0.4, 0.5) is 11.4 Å². The third-order valence-electron chi connectivity index (χ3n) is 7.22. The van der Waals surface area contributed by atoms with E-state index in [2.05, 4.69) is 104 Å². The van der Waals surface area contributed by atoms with Crippen molar-refractivity contribution in [1.29, 1.82) is 0 Å². The molecule has 1 N–H and O–H groups in total. The number of hydrogen-bond acceptors (Lipinski definition) is 2. The van der Waals surface area contributed by atoms with E-state index < -0.39 is 0 Å². The zero-order valence-electron chi connectivity index (χ0n) is 18.6. The average Bonchev–Trinajstić information content (AvgIpc) is 3.31. The van der Waals surface area contributed by atoms with E-state index in [-0.39, 0.29) is 5.41 Å². The summed E-state index contributed by atoms with van der Waals surface area (Å²) in [5.41, 5.74) is 9.40. The summed E-state index contributed by atoms with van der Waals surface area (Å²) < 4.78 is 6.13. The van der Waals surface area contributed by atoms with Gasteiger partial charge < -0.3 is 9.73 Å². The predicted molar refractivity (Wildman–Crippen MR) is 139 cm³/mol. The molecule has 0 aliphatic heterocycles. The topological polar surface area (TPSA) is 25.2 Å². The second-order valence-corrected chi connectivity index (χ2v) is 9.50. The maximum Gasteiger partial charge on any atom is 0.137 e. The average molecular weight is 426 g/mol. The highest BCUT2D eigenvalue weighted by Crippen LogP contribution is 2.52. The number of nitrogens with one attached hydrogen (secondary N) is 1. The fourth-order valence-electron chi connectivity index (χ4n) is 5.72. The SMILES string of the molecule is CC1(C)c2ccccc2-c2cc(Nc3ccc4c(c3)oc3ccccc34)c3ccccc3c21. The van der Waals surface area contributed by atoms with Gasteiger partial charge in [-0.15, -0.1) is 0 Å². The highest BCUT2D eigenvalue weighted by atomic mass is 16.3. The van der Waals surface area contributed by atoms with E-state index in [0.717, 1.165) is 33.3 Å². The van der Waals surface area contributed by atoms with E-state index in [9.17, 15) is 0 Å². The molecule has 2 heteroatoms. The molecular formula is C31H23NO. The van der Waals surface area contributed by atoms with Crippen molar-refractivity contribution < 1.29 is 4.42 Å². The Bertz CT molecular complexity index is 1720. The Morgan fingerprint density at radius 2 is 1.30 bits per heavy atom. The molecule has 6 aromatic rings. The zero-order valence-corrected chi connectivity index (χ0v) is 18.6. The standard InChI is InChI=1S/C31H23NO/c1-31(2)26-13-7-5-9-20(26)25-18-27(21-10-3-4-12-24(21)30(25)31)32-19-15-16-23-22-11-6-8-14-28(22)33-29(23)17-19/h3-18,32H,1-2H3. The van der Waals surface area contributed by atoms with Crippen molar-refractivity contribution in [1.82, 2.24) is 0 Å². The van der Waals surface area contributed by atoms with Crippen LogP contribution in [-0.2, 0) is 5.41 Å². The summed E-state index contributed by atoms with van der Waals surface area (Å²) in [6, 6.07) is 34.5. The minimum absolute atomic E-state index is 0.0305. The summed E-state index contributed by atoms with van der Waals surface area (Å²) in [6.45, 7) is 4.68. The van der Waals surface area contributed by atoms with Gasteiger partial charge in [0, 0.05) is 39.0 Å². The monoisotopic (exact) mass is 425 g/mol. The second-order valence-electron chi connectivity index (χ2n) is 9.50. The molecule has 1 heterocycles. The minimum atomic E-state index is -0.0305. The van der Waals surface area contributed by atoms with Crippen molar-refractivity contribution in [2.24, 2.45) is 0 Å². The zero-order chi connectivity index (χ0) is 22.2. The molecular weight excluding hydrogens is 402 g/mol. The first-order chi connectivity index (χ1) is 16.1. The molecule has 1 aliphatic carbocycles. The Balaban J connectivity index is 1.43. The Labute approximate surface area is 192 Å². The number of hydrogen-bond donors (Lipinski definition) is 1. The molecule has 1 aliphatic rings. The van der Waals surface area contributed by atoms with Gasteiger partial charge in [-0.25, -0.2) is 0 Å². The fraction of sp³-hybridized carbons (Fsp3) is 0.0968. The van der Waals surface area contributed by atoms with E-state index in [1.807, 2.05) is 12.1 Å². The van der Waals surface area contributed by atoms with Gasteiger partial charge in [0.25, 0.3) is 0 Å². The van der Waals surface area contributed by atoms with Crippen LogP contribution in [0.3, 0.4) is 0 Å². The molecule has 0 saturated heterocycles. The van der Waals surface area contributed by atoms with E-state index >= 15 is 0 Å². The van der Waals surface area contributed by atoms with Gasteiger partial charge in [-0.05, 0) is 51.9 Å². The second kappa shape index (κ2) is 6.49. The summed E-state index contributed by atoms with van der Waals surface area (Å²) in [6.07, 6.45) is 0. The molecule has 7 rings (SSSR count). The van der Waals surface area contributed by atoms with Crippen LogP contribution in [0.2, 0.25) is 0 Å². The van der Waals surface area contributed by atoms with E-state index in [1.165, 1.54) is 33.0 Å². The molecule has 0 unspecified atom stereocenters. The highest BCUT2D eigenvalue weighted by Gasteiger charge is 2.37. The lowest BCUT2D eigenvalue weighted by molar-refractivity contribution is 0.666. The molecule has 0 saturated carbocycles. The first-order valence-corrected chi connectivity index (χ1v) is 11.5. The summed E-state index contributed by atoms with van der Waals surface area (Å²) in [5.74, 6) is 0. The van der Waals surface area contributed by atoms with E-state index in [0.29, 0.717) is 0 Å². The molecule has 5 aromatic carbocycles. The van der Waals surface area contributed by atoms with Crippen LogP contribution in [0.15, 0.2) is 101 Å². The van der Waals surface area contributed by atoms with Crippen molar-refractivity contribution in [2.75, 3.05) is 5.32 Å². The molecule has 0 fully saturated rings. The molecule has 0 bridgehead atoms. The summed E-state index contributed by atoms with van der Waals surface area (Å²) in [4.78, 5) is 0. The van der Waals surface area contributed by atoms with Gasteiger partial charge in [-0.1, -0.05) is 80.6 Å². The molecule has 0 amide bonds. The van der Waals surface area contributed by atoms with Crippen LogP contribution < -0.4 is 5.32 Å². The van der Waals surface area contributed by atoms with Gasteiger partial charge in [0.2, 0.25) is 0 Å². The lowest BCUT2D eigenvalue weighted by Gasteiger charge is -2.24. The van der Waals surface area contributed by atoms with E-state index in [4.69, 9.17) is 4.42 Å². The third kappa shape index (κ3) is 2.55. The smallest absolute Gasteiger partial charge is 0.137 e. The lowest BCUT2D eigenvalue weighted by Crippen LogP contribution is -2.15. The van der Waals surface area contributed by atoms with Gasteiger partial charge in [0.05, 0.1) is 0 Å². The Morgan fingerprint density at radius 3 is 2.18 bits per heavy atom. The number of benzene rings is 5. The lowest BCUT2D eigenvalue weighted by atomic mass is 9.80. The first-order valence-electron chi connectivity index (χ1n) is 11.5. The maximum atomic E-state index is 6.13. The van der Waals surface area contributed by atoms with Crippen LogP contribution in [-0.4, -0.2) is 0 Å². The summed E-state index contributed by atoms with van der Waals surface area (Å²) in [7, 11) is 0. The van der Waals surface area contributed by atoms with Gasteiger partial charge >= 0.3 is 0 Å². The Morgan fingerprint density at radius 1 is 0.606 bits per heavy atom. The van der Waals surface area contributed by atoms with Crippen molar-refractivity contribution in [3.05, 3.63) is 108 Å². The molecule has 2 nitrogen and oxygen atoms in total. The maximum absolute atomic E-state index is 6.13. The third-order valence-corrected chi connectivity index (χ3v) is 7.22. The molecule has 0 spiro atoms. The van der Waals surface area contributed by atoms with E-state index in [1.54, 1.807) is 0 Å². The number of para-hydroxylation sites is 1. The summed E-state index contributed by atoms with van der Waals surface area (Å²) >= 11 is 0. The van der Waals surface area contributed by atoms with Crippen LogP contribution in [0.25, 0.3) is 43.8 Å². The van der Waals surface area contributed by atoms with Crippen LogP contribution >= 0.6 is 0 Å². The number of rotatable bonds is 2. The quantitative estimate of drug-likeness (QED) is 0.300. The molecule has 0 radical (unpaired) electrons. The molecule has 0 atom stereocenters. The Kier molecular flexibility index (Phi) is 3.64. The van der Waals surface area contributed by atoms with Crippen LogP contribution in [0.5, 0.6) is 0 Å².